The van der Waals surface area contributed by atoms with E-state index in [-0.39, 0.29) is 33.8 Å². The van der Waals surface area contributed by atoms with Gasteiger partial charge in [0.1, 0.15) is 28.1 Å². The van der Waals surface area contributed by atoms with Crippen LogP contribution in [0.5, 0.6) is 0 Å². The lowest BCUT2D eigenvalue weighted by Gasteiger charge is -2.34. The molecule has 3 aromatic heterocycles. The van der Waals surface area contributed by atoms with Gasteiger partial charge in [-0.25, -0.2) is 14.2 Å². The number of ether oxygens (including phenoxy) is 1. The number of thiazole rings is 1. The number of aromatic nitrogens is 4. The quantitative estimate of drug-likeness (QED) is 0.446. The Balaban J connectivity index is 1.51. The molecule has 0 aliphatic carbocycles. The zero-order chi connectivity index (χ0) is 25.3. The van der Waals surface area contributed by atoms with Crippen LogP contribution in [0.15, 0.2) is 12.4 Å². The van der Waals surface area contributed by atoms with Crippen LogP contribution >= 0.6 is 34.5 Å². The van der Waals surface area contributed by atoms with Crippen molar-refractivity contribution in [1.82, 2.24) is 25.3 Å². The molecular formula is C22H23Cl2FN6O3S. The molecular weight excluding hydrogens is 518 g/mol. The number of nitrogens with zero attached hydrogens (tertiary/aromatic N) is 4. The highest BCUT2D eigenvalue weighted by atomic mass is 35.5. The number of rotatable bonds is 6. The van der Waals surface area contributed by atoms with Crippen molar-refractivity contribution in [3.8, 4) is 11.4 Å². The molecule has 35 heavy (non-hydrogen) atoms. The summed E-state index contributed by atoms with van der Waals surface area (Å²) in [5.74, 6) is -1.05. The van der Waals surface area contributed by atoms with Crippen molar-refractivity contribution in [2.75, 3.05) is 24.6 Å². The highest BCUT2D eigenvalue weighted by Crippen LogP contribution is 2.35. The minimum Gasteiger partial charge on any atom is -0.462 e. The molecule has 1 saturated heterocycles. The van der Waals surface area contributed by atoms with Gasteiger partial charge in [-0.15, -0.1) is 0 Å². The summed E-state index contributed by atoms with van der Waals surface area (Å²) in [6.45, 7) is 5.82. The third kappa shape index (κ3) is 5.26. The molecule has 4 heterocycles. The van der Waals surface area contributed by atoms with Crippen molar-refractivity contribution in [2.24, 2.45) is 0 Å². The average Bonchev–Trinajstić information content (AvgIpc) is 3.39. The molecule has 1 amide bonds. The highest BCUT2D eigenvalue weighted by Gasteiger charge is 2.34. The van der Waals surface area contributed by atoms with Gasteiger partial charge in [0.15, 0.2) is 5.13 Å². The third-order valence-corrected chi connectivity index (χ3v) is 7.55. The van der Waals surface area contributed by atoms with Crippen LogP contribution in [0.3, 0.4) is 0 Å². The first kappa shape index (κ1) is 25.3. The Morgan fingerprint density at radius 1 is 1.29 bits per heavy atom. The lowest BCUT2D eigenvalue weighted by atomic mass is 10.0. The Labute approximate surface area is 215 Å². The summed E-state index contributed by atoms with van der Waals surface area (Å²) in [7, 11) is 0. The second-order valence-electron chi connectivity index (χ2n) is 8.02. The first-order chi connectivity index (χ1) is 16.7. The van der Waals surface area contributed by atoms with E-state index >= 15 is 4.39 Å². The van der Waals surface area contributed by atoms with Crippen LogP contribution in [-0.2, 0) is 4.74 Å². The lowest BCUT2D eigenvalue weighted by Crippen LogP contribution is -2.52. The summed E-state index contributed by atoms with van der Waals surface area (Å²) in [4.78, 5) is 43.2. The molecule has 1 aliphatic rings. The maximum absolute atomic E-state index is 15.1. The number of anilines is 1. The van der Waals surface area contributed by atoms with E-state index in [0.717, 1.165) is 17.0 Å². The SMILES string of the molecule is CCOC(=O)c1sc(N2CC[C@@H](NC(=O)c3[nH]c(C)c(Cl)c3Cl)[C@@H](F)C2)nc1-c1cnc(C)cn1. The molecule has 186 valence electrons. The summed E-state index contributed by atoms with van der Waals surface area (Å²) in [6.07, 6.45) is 2.07. The number of amides is 1. The standard InChI is InChI=1S/C22H23Cl2FN6O3S/c1-4-34-21(33)19-17(14-8-26-10(2)7-27-14)30-22(35-19)31-6-5-13(12(25)9-31)29-20(32)18-16(24)15(23)11(3)28-18/h7-8,12-13,28H,4-6,9H2,1-3H3,(H,29,32)/t12-,13+/m0/s1. The van der Waals surface area contributed by atoms with E-state index in [2.05, 4.69) is 25.3 Å². The second kappa shape index (κ2) is 10.5. The Bertz CT molecular complexity index is 1250. The van der Waals surface area contributed by atoms with E-state index in [9.17, 15) is 9.59 Å². The fourth-order valence-electron chi connectivity index (χ4n) is 3.68. The van der Waals surface area contributed by atoms with E-state index in [1.807, 2.05) is 0 Å². The predicted molar refractivity (Wildman–Crippen MR) is 132 cm³/mol. The number of halogens is 3. The van der Waals surface area contributed by atoms with Crippen molar-refractivity contribution in [2.45, 2.75) is 39.4 Å². The van der Waals surface area contributed by atoms with E-state index in [1.54, 1.807) is 31.9 Å². The van der Waals surface area contributed by atoms with Crippen LogP contribution < -0.4 is 10.2 Å². The number of nitrogens with one attached hydrogen (secondary N) is 2. The minimum absolute atomic E-state index is 0.0159. The van der Waals surface area contributed by atoms with E-state index in [0.29, 0.717) is 35.2 Å². The number of carbonyl (C=O) groups is 2. The molecule has 2 N–H and O–H groups in total. The summed E-state index contributed by atoms with van der Waals surface area (Å²) in [5, 5.41) is 3.53. The van der Waals surface area contributed by atoms with Crippen molar-refractivity contribution in [3.05, 3.63) is 44.4 Å². The van der Waals surface area contributed by atoms with Crippen molar-refractivity contribution < 1.29 is 18.7 Å². The molecule has 1 aliphatic heterocycles. The monoisotopic (exact) mass is 540 g/mol. The molecule has 0 unspecified atom stereocenters. The summed E-state index contributed by atoms with van der Waals surface area (Å²) < 4.78 is 20.3. The number of aryl methyl sites for hydroxylation is 2. The molecule has 0 radical (unpaired) electrons. The number of alkyl halides is 1. The molecule has 13 heteroatoms. The van der Waals surface area contributed by atoms with Crippen LogP contribution in [0.1, 0.15) is 44.9 Å². The van der Waals surface area contributed by atoms with Gasteiger partial charge in [-0.1, -0.05) is 34.5 Å². The topological polar surface area (TPSA) is 113 Å². The van der Waals surface area contributed by atoms with Gasteiger partial charge >= 0.3 is 5.97 Å². The van der Waals surface area contributed by atoms with Gasteiger partial charge in [0.25, 0.3) is 5.91 Å². The van der Waals surface area contributed by atoms with Crippen molar-refractivity contribution >= 4 is 51.5 Å². The zero-order valence-electron chi connectivity index (χ0n) is 19.2. The summed E-state index contributed by atoms with van der Waals surface area (Å²) in [5.41, 5.74) is 2.16. The molecule has 1 fully saturated rings. The zero-order valence-corrected chi connectivity index (χ0v) is 21.5. The molecule has 0 bridgehead atoms. The Morgan fingerprint density at radius 2 is 2.06 bits per heavy atom. The van der Waals surface area contributed by atoms with E-state index in [1.165, 1.54) is 6.20 Å². The average molecular weight is 541 g/mol. The first-order valence-electron chi connectivity index (χ1n) is 10.9. The molecule has 0 saturated carbocycles. The van der Waals surface area contributed by atoms with Crippen LogP contribution in [0, 0.1) is 13.8 Å². The van der Waals surface area contributed by atoms with Crippen LogP contribution in [-0.4, -0.2) is 63.7 Å². The number of H-pyrrole nitrogens is 1. The fraction of sp³-hybridized carbons (Fsp3) is 0.409. The van der Waals surface area contributed by atoms with Crippen molar-refractivity contribution in [1.29, 1.82) is 0 Å². The van der Waals surface area contributed by atoms with Gasteiger partial charge in [0, 0.05) is 18.4 Å². The molecule has 3 aromatic rings. The molecule has 4 rings (SSSR count). The molecule has 0 spiro atoms. The molecule has 9 nitrogen and oxygen atoms in total. The highest BCUT2D eigenvalue weighted by molar-refractivity contribution is 7.17. The second-order valence-corrected chi connectivity index (χ2v) is 9.75. The number of piperidine rings is 1. The fourth-order valence-corrected chi connectivity index (χ4v) is 5.10. The van der Waals surface area contributed by atoms with Gasteiger partial charge in [0.2, 0.25) is 0 Å². The number of hydrogen-bond acceptors (Lipinski definition) is 8. The van der Waals surface area contributed by atoms with Crippen LogP contribution in [0.4, 0.5) is 9.52 Å². The van der Waals surface area contributed by atoms with E-state index in [4.69, 9.17) is 27.9 Å². The van der Waals surface area contributed by atoms with Crippen LogP contribution in [0.2, 0.25) is 10.0 Å². The minimum atomic E-state index is -1.38. The Kier molecular flexibility index (Phi) is 7.58. The van der Waals surface area contributed by atoms with Crippen molar-refractivity contribution in [3.63, 3.8) is 0 Å². The number of esters is 1. The van der Waals surface area contributed by atoms with Gasteiger partial charge in [-0.05, 0) is 27.2 Å². The Hall–Kier alpha value is -2.76. The largest absolute Gasteiger partial charge is 0.462 e. The number of hydrogen-bond donors (Lipinski definition) is 2. The van der Waals surface area contributed by atoms with Gasteiger partial charge in [-0.2, -0.15) is 0 Å². The number of aromatic amines is 1. The molecule has 0 aromatic carbocycles. The maximum Gasteiger partial charge on any atom is 0.350 e. The van der Waals surface area contributed by atoms with Gasteiger partial charge < -0.3 is 19.9 Å². The lowest BCUT2D eigenvalue weighted by molar-refractivity contribution is 0.0532. The summed E-state index contributed by atoms with van der Waals surface area (Å²) in [6, 6.07) is -0.718. The summed E-state index contributed by atoms with van der Waals surface area (Å²) >= 11 is 13.3. The van der Waals surface area contributed by atoms with E-state index < -0.39 is 24.1 Å². The maximum atomic E-state index is 15.1. The van der Waals surface area contributed by atoms with Gasteiger partial charge in [-0.3, -0.25) is 14.8 Å². The normalized spacial score (nSPS) is 17.9. The molecule has 2 atom stereocenters. The van der Waals surface area contributed by atoms with Crippen LogP contribution in [0.25, 0.3) is 11.4 Å². The smallest absolute Gasteiger partial charge is 0.350 e. The Morgan fingerprint density at radius 3 is 2.66 bits per heavy atom. The first-order valence-corrected chi connectivity index (χ1v) is 12.5. The number of carbonyl (C=O) groups excluding carboxylic acids is 2. The van der Waals surface area contributed by atoms with Gasteiger partial charge in [0.05, 0.1) is 41.1 Å². The third-order valence-electron chi connectivity index (χ3n) is 5.51. The predicted octanol–water partition coefficient (Wildman–Crippen LogP) is 4.38.